The molecule has 3 aromatic rings. The Morgan fingerprint density at radius 3 is 2.60 bits per heavy atom. The maximum atomic E-state index is 14.6. The van der Waals surface area contributed by atoms with Crippen molar-refractivity contribution in [2.75, 3.05) is 13.1 Å². The average molecular weight is 498 g/mol. The van der Waals surface area contributed by atoms with Crippen LogP contribution < -0.4 is 10.6 Å². The van der Waals surface area contributed by atoms with E-state index in [4.69, 9.17) is 16.3 Å². The molecule has 10 heteroatoms. The van der Waals surface area contributed by atoms with E-state index in [0.717, 1.165) is 0 Å². The van der Waals surface area contributed by atoms with E-state index in [1.165, 1.54) is 12.3 Å². The van der Waals surface area contributed by atoms with E-state index < -0.39 is 17.5 Å². The molecule has 2 aromatic carbocycles. The highest BCUT2D eigenvalue weighted by Crippen LogP contribution is 2.29. The van der Waals surface area contributed by atoms with Gasteiger partial charge < -0.3 is 15.4 Å². The lowest BCUT2D eigenvalue weighted by Gasteiger charge is -2.19. The predicted octanol–water partition coefficient (Wildman–Crippen LogP) is 4.27. The van der Waals surface area contributed by atoms with Crippen molar-refractivity contribution in [3.05, 3.63) is 81.9 Å². The van der Waals surface area contributed by atoms with Gasteiger partial charge in [-0.15, -0.1) is 0 Å². The van der Waals surface area contributed by atoms with Crippen molar-refractivity contribution in [2.24, 2.45) is 4.99 Å². The van der Waals surface area contributed by atoms with Crippen LogP contribution in [0, 0.1) is 5.82 Å². The summed E-state index contributed by atoms with van der Waals surface area (Å²) >= 11 is 6.25. The van der Waals surface area contributed by atoms with Gasteiger partial charge in [-0.3, -0.25) is 9.79 Å². The fraction of sp³-hybridized carbons (Fsp3) is 0.280. The molecule has 0 saturated carbocycles. The lowest BCUT2D eigenvalue weighted by atomic mass is 10.00. The number of aromatic nitrogens is 2. The number of benzene rings is 2. The molecule has 4 rings (SSSR count). The van der Waals surface area contributed by atoms with Gasteiger partial charge in [0, 0.05) is 29.2 Å². The molecule has 0 bridgehead atoms. The van der Waals surface area contributed by atoms with Crippen LogP contribution in [0.5, 0.6) is 0 Å². The van der Waals surface area contributed by atoms with Gasteiger partial charge >= 0.3 is 6.09 Å². The Balaban J connectivity index is 1.56. The molecule has 0 saturated heterocycles. The van der Waals surface area contributed by atoms with Crippen molar-refractivity contribution < 1.29 is 18.7 Å². The van der Waals surface area contributed by atoms with Gasteiger partial charge in [0.15, 0.2) is 0 Å². The molecule has 0 radical (unpaired) electrons. The molecule has 2 amide bonds. The quantitative estimate of drug-likeness (QED) is 0.514. The summed E-state index contributed by atoms with van der Waals surface area (Å²) in [5.74, 6) is -0.774. The van der Waals surface area contributed by atoms with E-state index >= 15 is 0 Å². The fourth-order valence-electron chi connectivity index (χ4n) is 3.68. The van der Waals surface area contributed by atoms with E-state index in [2.05, 4.69) is 20.7 Å². The molecule has 0 fully saturated rings. The molecule has 1 aliphatic heterocycles. The normalized spacial score (nSPS) is 12.7. The number of hydrogen-bond acceptors (Lipinski definition) is 5. The number of nitrogens with one attached hydrogen (secondary N) is 2. The summed E-state index contributed by atoms with van der Waals surface area (Å²) in [6.07, 6.45) is 0.907. The molecule has 0 spiro atoms. The minimum absolute atomic E-state index is 0.106. The third-order valence-corrected chi connectivity index (χ3v) is 5.39. The summed E-state index contributed by atoms with van der Waals surface area (Å²) in [7, 11) is 0. The maximum absolute atomic E-state index is 14.6. The summed E-state index contributed by atoms with van der Waals surface area (Å²) in [4.78, 5) is 29.3. The smallest absolute Gasteiger partial charge is 0.407 e. The number of alkyl carbamates (subject to hydrolysis) is 1. The highest BCUT2D eigenvalue weighted by Gasteiger charge is 2.25. The number of rotatable bonds is 5. The van der Waals surface area contributed by atoms with E-state index in [1.54, 1.807) is 61.9 Å². The summed E-state index contributed by atoms with van der Waals surface area (Å²) < 4.78 is 21.4. The van der Waals surface area contributed by atoms with Gasteiger partial charge in [-0.05, 0) is 51.1 Å². The molecule has 2 heterocycles. The molecule has 182 valence electrons. The summed E-state index contributed by atoms with van der Waals surface area (Å²) in [5, 5.41) is 10.2. The van der Waals surface area contributed by atoms with Crippen LogP contribution in [-0.4, -0.2) is 46.2 Å². The van der Waals surface area contributed by atoms with E-state index in [0.29, 0.717) is 38.8 Å². The predicted molar refractivity (Wildman–Crippen MR) is 131 cm³/mol. The van der Waals surface area contributed by atoms with Gasteiger partial charge in [0.25, 0.3) is 5.91 Å². The Bertz CT molecular complexity index is 1310. The van der Waals surface area contributed by atoms with Crippen LogP contribution >= 0.6 is 11.6 Å². The second-order valence-electron chi connectivity index (χ2n) is 8.91. The SMILES string of the molecule is CC(C)(C)OC(=O)NCCNC(=O)c1cnn2c1CN=C(c1ccccc1F)c1cc(Cl)ccc1-2. The lowest BCUT2D eigenvalue weighted by molar-refractivity contribution is 0.0526. The number of fused-ring (bicyclic) bond motifs is 3. The monoisotopic (exact) mass is 497 g/mol. The van der Waals surface area contributed by atoms with Crippen LogP contribution in [-0.2, 0) is 11.3 Å². The van der Waals surface area contributed by atoms with Crippen molar-refractivity contribution >= 4 is 29.3 Å². The van der Waals surface area contributed by atoms with E-state index in [1.807, 2.05) is 0 Å². The Hall–Kier alpha value is -3.72. The zero-order valence-electron chi connectivity index (χ0n) is 19.6. The Morgan fingerprint density at radius 1 is 1.11 bits per heavy atom. The summed E-state index contributed by atoms with van der Waals surface area (Å²) in [6.45, 7) is 5.81. The molecular formula is C25H25ClFN5O3. The van der Waals surface area contributed by atoms with Crippen LogP contribution in [0.15, 0.2) is 53.7 Å². The number of ether oxygens (including phenoxy) is 1. The molecular weight excluding hydrogens is 473 g/mol. The van der Waals surface area contributed by atoms with Crippen molar-refractivity contribution in [2.45, 2.75) is 32.9 Å². The molecule has 1 aliphatic rings. The zero-order valence-corrected chi connectivity index (χ0v) is 20.3. The molecule has 0 unspecified atom stereocenters. The number of halogens is 2. The standard InChI is InChI=1S/C25H25ClFN5O3/c1-25(2,3)35-24(34)29-11-10-28-23(33)18-13-31-32-20-9-8-15(26)12-17(20)22(30-14-21(18)32)16-6-4-5-7-19(16)27/h4-9,12-13H,10-11,14H2,1-3H3,(H,28,33)(H,29,34). The summed E-state index contributed by atoms with van der Waals surface area (Å²) in [5.41, 5.74) is 2.29. The number of hydrogen-bond donors (Lipinski definition) is 2. The second kappa shape index (κ2) is 9.87. The van der Waals surface area contributed by atoms with Gasteiger partial charge in [0.05, 0.1) is 35.4 Å². The molecule has 2 N–H and O–H groups in total. The minimum atomic E-state index is -0.606. The fourth-order valence-corrected chi connectivity index (χ4v) is 3.85. The van der Waals surface area contributed by atoms with E-state index in [9.17, 15) is 14.0 Å². The maximum Gasteiger partial charge on any atom is 0.407 e. The van der Waals surface area contributed by atoms with Gasteiger partial charge in [-0.25, -0.2) is 13.9 Å². The van der Waals surface area contributed by atoms with Gasteiger partial charge in [-0.1, -0.05) is 23.7 Å². The van der Waals surface area contributed by atoms with E-state index in [-0.39, 0.29) is 25.5 Å². The Labute approximate surface area is 207 Å². The molecule has 8 nitrogen and oxygen atoms in total. The number of nitrogens with zero attached hydrogens (tertiary/aromatic N) is 3. The number of carbonyl (C=O) groups excluding carboxylic acids is 2. The number of amides is 2. The average Bonchev–Trinajstić information content (AvgIpc) is 3.14. The first-order chi connectivity index (χ1) is 16.6. The first-order valence-electron chi connectivity index (χ1n) is 11.1. The third-order valence-electron chi connectivity index (χ3n) is 5.15. The van der Waals surface area contributed by atoms with Crippen molar-refractivity contribution in [3.63, 3.8) is 0 Å². The topological polar surface area (TPSA) is 97.6 Å². The Kier molecular flexibility index (Phi) is 6.88. The van der Waals surface area contributed by atoms with Crippen LogP contribution in [0.25, 0.3) is 5.69 Å². The Morgan fingerprint density at radius 2 is 1.86 bits per heavy atom. The van der Waals surface area contributed by atoms with Crippen LogP contribution in [0.4, 0.5) is 9.18 Å². The van der Waals surface area contributed by atoms with Crippen LogP contribution in [0.2, 0.25) is 5.02 Å². The van der Waals surface area contributed by atoms with Crippen molar-refractivity contribution in [1.82, 2.24) is 20.4 Å². The first kappa shape index (κ1) is 24.4. The van der Waals surface area contributed by atoms with Gasteiger partial charge in [0.1, 0.15) is 11.4 Å². The van der Waals surface area contributed by atoms with Gasteiger partial charge in [0.2, 0.25) is 0 Å². The lowest BCUT2D eigenvalue weighted by Crippen LogP contribution is -2.38. The number of aliphatic imine (C=N–C) groups is 1. The minimum Gasteiger partial charge on any atom is -0.444 e. The summed E-state index contributed by atoms with van der Waals surface area (Å²) in [6, 6.07) is 11.5. The highest BCUT2D eigenvalue weighted by molar-refractivity contribution is 6.31. The van der Waals surface area contributed by atoms with Crippen molar-refractivity contribution in [3.8, 4) is 5.69 Å². The molecule has 35 heavy (non-hydrogen) atoms. The van der Waals surface area contributed by atoms with Crippen LogP contribution in [0.1, 0.15) is 48.0 Å². The third kappa shape index (κ3) is 5.51. The molecule has 0 atom stereocenters. The van der Waals surface area contributed by atoms with Gasteiger partial charge in [-0.2, -0.15) is 5.10 Å². The second-order valence-corrected chi connectivity index (χ2v) is 9.34. The van der Waals surface area contributed by atoms with Crippen LogP contribution in [0.3, 0.4) is 0 Å². The largest absolute Gasteiger partial charge is 0.444 e. The van der Waals surface area contributed by atoms with Crippen molar-refractivity contribution in [1.29, 1.82) is 0 Å². The highest BCUT2D eigenvalue weighted by atomic mass is 35.5. The number of carbonyl (C=O) groups is 2. The zero-order chi connectivity index (χ0) is 25.2. The first-order valence-corrected chi connectivity index (χ1v) is 11.4. The molecule has 1 aromatic heterocycles. The molecule has 0 aliphatic carbocycles.